The van der Waals surface area contributed by atoms with Crippen molar-refractivity contribution in [3.8, 4) is 5.88 Å². The zero-order valence-electron chi connectivity index (χ0n) is 6.78. The van der Waals surface area contributed by atoms with Gasteiger partial charge in [-0.15, -0.1) is 3.83 Å². The van der Waals surface area contributed by atoms with Crippen molar-refractivity contribution in [2.24, 2.45) is 0 Å². The number of aromatic nitrogens is 1. The van der Waals surface area contributed by atoms with E-state index in [0.29, 0.717) is 0 Å². The summed E-state index contributed by atoms with van der Waals surface area (Å²) in [6, 6.07) is 2.99. The van der Waals surface area contributed by atoms with Gasteiger partial charge in [-0.05, 0) is 12.1 Å². The second-order valence-electron chi connectivity index (χ2n) is 2.18. The minimum atomic E-state index is -3.40. The van der Waals surface area contributed by atoms with Crippen LogP contribution in [0.15, 0.2) is 18.3 Å². The van der Waals surface area contributed by atoms with Crippen molar-refractivity contribution >= 4 is 21.7 Å². The molecule has 0 amide bonds. The molecule has 5 nitrogen and oxygen atoms in total. The number of rotatable bonds is 4. The summed E-state index contributed by atoms with van der Waals surface area (Å²) in [6.45, 7) is 0. The molecule has 0 bridgehead atoms. The molecule has 0 aliphatic carbocycles. The lowest BCUT2D eigenvalue weighted by Crippen LogP contribution is -2.37. The maximum Gasteiger partial charge on any atom is 0.503 e. The second kappa shape index (κ2) is 5.40. The maximum absolute atomic E-state index is 11.3. The zero-order chi connectivity index (χ0) is 10.6. The van der Waals surface area contributed by atoms with Gasteiger partial charge in [0.2, 0.25) is 0 Å². The highest BCUT2D eigenvalue weighted by atomic mass is 80.0. The quantitative estimate of drug-likeness (QED) is 0.530. The Labute approximate surface area is 93.7 Å². The predicted octanol–water partition coefficient (Wildman–Crippen LogP) is -0.876. The van der Waals surface area contributed by atoms with Crippen LogP contribution in [0.4, 0.5) is 0 Å². The molecule has 0 saturated carbocycles. The Kier molecular flexibility index (Phi) is 4.46. The van der Waals surface area contributed by atoms with Gasteiger partial charge < -0.3 is 8.40 Å². The molecule has 0 atom stereocenters. The summed E-state index contributed by atoms with van der Waals surface area (Å²) in [5.74, 6) is -0.450. The van der Waals surface area contributed by atoms with Crippen molar-refractivity contribution in [2.75, 3.05) is 5.33 Å². The molecular formula is C7H5Br2NO4. The monoisotopic (exact) mass is 325 g/mol. The standard InChI is InChI=1S/C7H5Br2NO4/c8-4-6(11)5-2-1-3-10-7(5)14-9(12)13/h1-3H,4H2. The zero-order valence-corrected chi connectivity index (χ0v) is 9.95. The van der Waals surface area contributed by atoms with Gasteiger partial charge in [-0.3, -0.25) is 4.79 Å². The average Bonchev–Trinajstić information content (AvgIpc) is 2.16. The SMILES string of the molecule is O=C(CBr)c1cccnc1O[Br+2]([O-])[O-]. The molecule has 0 radical (unpaired) electrons. The van der Waals surface area contributed by atoms with E-state index in [4.69, 9.17) is 0 Å². The predicted molar refractivity (Wildman–Crippen MR) is 43.0 cm³/mol. The normalized spacial score (nSPS) is 10.3. The van der Waals surface area contributed by atoms with Gasteiger partial charge in [-0.25, -0.2) is 4.98 Å². The Morgan fingerprint density at radius 3 is 2.93 bits per heavy atom. The summed E-state index contributed by atoms with van der Waals surface area (Å²) in [5.41, 5.74) is 0.152. The molecule has 1 aromatic rings. The first-order valence-corrected chi connectivity index (χ1v) is 6.49. The molecule has 0 unspecified atom stereocenters. The number of hydrogen-bond acceptors (Lipinski definition) is 5. The van der Waals surface area contributed by atoms with E-state index in [2.05, 4.69) is 24.7 Å². The summed E-state index contributed by atoms with van der Waals surface area (Å²) in [6.07, 6.45) is 1.35. The third-order valence-corrected chi connectivity index (χ3v) is 2.41. The largest absolute Gasteiger partial charge is 0.503 e. The van der Waals surface area contributed by atoms with Crippen LogP contribution in [0.25, 0.3) is 0 Å². The third kappa shape index (κ3) is 3.02. The molecular weight excluding hydrogens is 322 g/mol. The third-order valence-electron chi connectivity index (χ3n) is 1.33. The van der Waals surface area contributed by atoms with Crippen molar-refractivity contribution in [1.82, 2.24) is 4.98 Å². The first kappa shape index (κ1) is 11.6. The molecule has 0 fully saturated rings. The highest BCUT2D eigenvalue weighted by Crippen LogP contribution is 2.16. The maximum atomic E-state index is 11.3. The average molecular weight is 327 g/mol. The lowest BCUT2D eigenvalue weighted by Gasteiger charge is -1.99. The summed E-state index contributed by atoms with van der Waals surface area (Å²) in [4.78, 5) is 14.9. The molecule has 76 valence electrons. The van der Waals surface area contributed by atoms with Gasteiger partial charge in [-0.2, -0.15) is 0 Å². The highest BCUT2D eigenvalue weighted by Gasteiger charge is 2.21. The minimum Gasteiger partial charge on any atom is -0.361 e. The Hall–Kier alpha value is -0.500. The van der Waals surface area contributed by atoms with E-state index in [-0.39, 0.29) is 22.6 Å². The van der Waals surface area contributed by atoms with Crippen LogP contribution in [0.1, 0.15) is 10.4 Å². The molecule has 1 rings (SSSR count). The smallest absolute Gasteiger partial charge is 0.361 e. The van der Waals surface area contributed by atoms with Crippen molar-refractivity contribution in [2.45, 2.75) is 0 Å². The van der Waals surface area contributed by atoms with Crippen LogP contribution in [0.2, 0.25) is 0 Å². The van der Waals surface area contributed by atoms with Gasteiger partial charge >= 0.3 is 20.7 Å². The van der Waals surface area contributed by atoms with E-state index >= 15 is 0 Å². The molecule has 0 aliphatic heterocycles. The fraction of sp³-hybridized carbons (Fsp3) is 0.143. The van der Waals surface area contributed by atoms with Gasteiger partial charge in [0.15, 0.2) is 5.78 Å². The van der Waals surface area contributed by atoms with Crippen LogP contribution < -0.4 is 12.2 Å². The van der Waals surface area contributed by atoms with Crippen LogP contribution in [0.3, 0.4) is 0 Å². The first-order chi connectivity index (χ1) is 6.65. The molecule has 1 aromatic heterocycles. The van der Waals surface area contributed by atoms with Crippen LogP contribution in [-0.2, 0) is 0 Å². The van der Waals surface area contributed by atoms with Crippen LogP contribution in [0.5, 0.6) is 5.88 Å². The number of alkyl halides is 1. The van der Waals surface area contributed by atoms with E-state index in [1.165, 1.54) is 18.3 Å². The molecule has 1 heterocycles. The number of carbonyl (C=O) groups is 1. The van der Waals surface area contributed by atoms with Crippen molar-refractivity contribution in [3.63, 3.8) is 0 Å². The Balaban J connectivity index is 2.97. The Bertz CT molecular complexity index is 331. The number of carbonyl (C=O) groups excluding carboxylic acids is 1. The van der Waals surface area contributed by atoms with Gasteiger partial charge in [0.25, 0.3) is 0 Å². The van der Waals surface area contributed by atoms with Gasteiger partial charge in [-0.1, -0.05) is 15.9 Å². The molecule has 7 heteroatoms. The lowest BCUT2D eigenvalue weighted by atomic mass is 10.2. The van der Waals surface area contributed by atoms with Gasteiger partial charge in [0.05, 0.1) is 10.9 Å². The molecule has 0 spiro atoms. The number of ketones is 1. The van der Waals surface area contributed by atoms with E-state index in [1.54, 1.807) is 0 Å². The highest BCUT2D eigenvalue weighted by molar-refractivity contribution is 9.09. The van der Waals surface area contributed by atoms with Gasteiger partial charge in [0.1, 0.15) is 0 Å². The Morgan fingerprint density at radius 2 is 2.36 bits per heavy atom. The number of nitrogens with zero attached hydrogens (tertiary/aromatic N) is 1. The van der Waals surface area contributed by atoms with Crippen LogP contribution in [-0.4, -0.2) is 16.1 Å². The van der Waals surface area contributed by atoms with E-state index in [9.17, 15) is 13.2 Å². The van der Waals surface area contributed by atoms with Crippen LogP contribution in [0, 0.1) is 14.8 Å². The molecule has 0 saturated heterocycles. The minimum absolute atomic E-state index is 0.0924. The summed E-state index contributed by atoms with van der Waals surface area (Å²) in [7, 11) is 0. The Morgan fingerprint density at radius 1 is 1.64 bits per heavy atom. The fourth-order valence-electron chi connectivity index (χ4n) is 0.796. The number of Topliss-reactive ketones (excluding diaryl/α,β-unsaturated/α-hetero) is 1. The fourth-order valence-corrected chi connectivity index (χ4v) is 1.61. The summed E-state index contributed by atoms with van der Waals surface area (Å²) >= 11 is -0.429. The second-order valence-corrected chi connectivity index (χ2v) is 3.86. The summed E-state index contributed by atoms with van der Waals surface area (Å²) < 4.78 is 25.1. The van der Waals surface area contributed by atoms with Gasteiger partial charge in [0, 0.05) is 6.20 Å². The van der Waals surface area contributed by atoms with Crippen molar-refractivity contribution in [1.29, 1.82) is 0 Å². The molecule has 14 heavy (non-hydrogen) atoms. The van der Waals surface area contributed by atoms with E-state index in [1.807, 2.05) is 0 Å². The topological polar surface area (TPSA) is 85.3 Å². The summed E-state index contributed by atoms with van der Waals surface area (Å²) in [5, 5.41) is 0.0924. The van der Waals surface area contributed by atoms with E-state index < -0.39 is 14.8 Å². The number of halogens is 2. The number of hydrogen-bond donors (Lipinski definition) is 0. The first-order valence-electron chi connectivity index (χ1n) is 3.43. The van der Waals surface area contributed by atoms with E-state index in [0.717, 1.165) is 0 Å². The lowest BCUT2D eigenvalue weighted by molar-refractivity contribution is -1.62. The van der Waals surface area contributed by atoms with Crippen molar-refractivity contribution < 1.29 is 31.8 Å². The molecule has 0 aliphatic rings. The van der Waals surface area contributed by atoms with Crippen LogP contribution >= 0.6 is 15.9 Å². The molecule has 0 aromatic carbocycles. The number of pyridine rings is 1. The van der Waals surface area contributed by atoms with Crippen molar-refractivity contribution in [3.05, 3.63) is 23.9 Å². The molecule has 0 N–H and O–H groups in total.